The van der Waals surface area contributed by atoms with Crippen LogP contribution in [-0.2, 0) is 14.3 Å². The number of Topliss-reactive ketones (excluding diaryl/α,β-unsaturated/α-hetero) is 1. The molecule has 0 radical (unpaired) electrons. The van der Waals surface area contributed by atoms with Crippen molar-refractivity contribution in [1.29, 1.82) is 0 Å². The Morgan fingerprint density at radius 2 is 2.04 bits per heavy atom. The fourth-order valence-electron chi connectivity index (χ4n) is 4.18. The zero-order chi connectivity index (χ0) is 16.7. The Morgan fingerprint density at radius 1 is 1.21 bits per heavy atom. The number of rotatable bonds is 4. The topological polar surface area (TPSA) is 38.8 Å². The second-order valence-electron chi connectivity index (χ2n) is 7.05. The van der Waals surface area contributed by atoms with Crippen molar-refractivity contribution in [1.82, 2.24) is 0 Å². The van der Waals surface area contributed by atoms with Gasteiger partial charge in [0.1, 0.15) is 11.9 Å². The van der Waals surface area contributed by atoms with E-state index in [2.05, 4.69) is 43.3 Å². The van der Waals surface area contributed by atoms with E-state index in [0.717, 1.165) is 12.8 Å². The van der Waals surface area contributed by atoms with E-state index in [1.165, 1.54) is 21.9 Å². The highest BCUT2D eigenvalue weighted by Crippen LogP contribution is 2.43. The maximum atomic E-state index is 12.7. The molecule has 24 heavy (non-hydrogen) atoms. The third kappa shape index (κ3) is 2.87. The number of benzene rings is 2. The Morgan fingerprint density at radius 3 is 2.83 bits per heavy atom. The van der Waals surface area contributed by atoms with E-state index in [4.69, 9.17) is 9.47 Å². The second-order valence-corrected chi connectivity index (χ2v) is 7.05. The first-order valence-corrected chi connectivity index (χ1v) is 8.96. The summed E-state index contributed by atoms with van der Waals surface area (Å²) < 4.78 is 11.0. The fraction of sp³-hybridized carbons (Fsp3) is 0.476. The van der Waals surface area contributed by atoms with Gasteiger partial charge in [-0.3, -0.25) is 4.79 Å². The molecule has 2 aliphatic rings. The van der Waals surface area contributed by atoms with E-state index in [1.807, 2.05) is 6.92 Å². The van der Waals surface area contributed by atoms with Gasteiger partial charge in [0, 0.05) is 18.9 Å². The first kappa shape index (κ1) is 15.8. The van der Waals surface area contributed by atoms with Crippen LogP contribution < -0.4 is 0 Å². The third-order valence-electron chi connectivity index (χ3n) is 5.38. The van der Waals surface area contributed by atoms with Crippen molar-refractivity contribution in [2.45, 2.75) is 51.4 Å². The number of aryl methyl sites for hydroxylation is 1. The smallest absolute Gasteiger partial charge is 0.185 e. The van der Waals surface area contributed by atoms with Crippen molar-refractivity contribution in [3.8, 4) is 0 Å². The number of carbonyl (C=O) groups excluding carboxylic acids is 1. The third-order valence-corrected chi connectivity index (χ3v) is 5.38. The summed E-state index contributed by atoms with van der Waals surface area (Å²) in [5.74, 6) is 0.681. The normalized spacial score (nSPS) is 29.8. The van der Waals surface area contributed by atoms with Gasteiger partial charge >= 0.3 is 0 Å². The van der Waals surface area contributed by atoms with Gasteiger partial charge in [-0.1, -0.05) is 42.0 Å². The van der Waals surface area contributed by atoms with Gasteiger partial charge in [-0.2, -0.15) is 0 Å². The summed E-state index contributed by atoms with van der Waals surface area (Å²) in [6.07, 6.45) is 2.41. The van der Waals surface area contributed by atoms with Gasteiger partial charge in [-0.05, 0) is 48.9 Å². The summed E-state index contributed by atoms with van der Waals surface area (Å²) in [6.45, 7) is 4.73. The highest BCUT2D eigenvalue weighted by molar-refractivity contribution is 5.89. The van der Waals surface area contributed by atoms with Crippen LogP contribution >= 0.6 is 0 Å². The number of hydrogen-bond acceptors (Lipinski definition) is 3. The van der Waals surface area contributed by atoms with Crippen molar-refractivity contribution >= 4 is 16.6 Å². The summed E-state index contributed by atoms with van der Waals surface area (Å²) in [5, 5.41) is 2.55. The summed E-state index contributed by atoms with van der Waals surface area (Å²) in [4.78, 5) is 12.7. The molecule has 4 unspecified atom stereocenters. The van der Waals surface area contributed by atoms with Crippen LogP contribution in [0, 0.1) is 12.8 Å². The first-order valence-electron chi connectivity index (χ1n) is 8.96. The molecule has 0 bridgehead atoms. The number of carbonyl (C=O) groups is 1. The van der Waals surface area contributed by atoms with Crippen molar-refractivity contribution in [3.63, 3.8) is 0 Å². The van der Waals surface area contributed by atoms with E-state index >= 15 is 0 Å². The summed E-state index contributed by atoms with van der Waals surface area (Å²) in [5.41, 5.74) is 2.59. The molecular weight excluding hydrogens is 300 g/mol. The molecule has 0 aromatic heterocycles. The molecule has 0 N–H and O–H groups in total. The molecule has 1 saturated heterocycles. The highest BCUT2D eigenvalue weighted by atomic mass is 16.8. The van der Waals surface area contributed by atoms with Gasteiger partial charge in [-0.15, -0.1) is 0 Å². The molecular formula is C21H24O3. The summed E-state index contributed by atoms with van der Waals surface area (Å²) in [7, 11) is 0. The lowest BCUT2D eigenvalue weighted by atomic mass is 9.75. The number of fused-ring (bicyclic) bond motifs is 1. The lowest BCUT2D eigenvalue weighted by Gasteiger charge is -2.28. The number of epoxide rings is 1. The van der Waals surface area contributed by atoms with Gasteiger partial charge in [0.15, 0.2) is 6.29 Å². The molecule has 2 aromatic rings. The van der Waals surface area contributed by atoms with Crippen LogP contribution in [0.3, 0.4) is 0 Å². The van der Waals surface area contributed by atoms with E-state index in [0.29, 0.717) is 24.7 Å². The van der Waals surface area contributed by atoms with E-state index in [9.17, 15) is 4.79 Å². The van der Waals surface area contributed by atoms with E-state index in [-0.39, 0.29) is 18.3 Å². The highest BCUT2D eigenvalue weighted by Gasteiger charge is 2.50. The average Bonchev–Trinajstić information content (AvgIpc) is 3.33. The van der Waals surface area contributed by atoms with Crippen LogP contribution in [0.1, 0.15) is 43.2 Å². The molecule has 126 valence electrons. The maximum Gasteiger partial charge on any atom is 0.185 e. The first-order chi connectivity index (χ1) is 11.7. The molecule has 1 aliphatic heterocycles. The molecule has 0 spiro atoms. The van der Waals surface area contributed by atoms with Gasteiger partial charge in [0.25, 0.3) is 0 Å². The molecule has 3 heteroatoms. The predicted molar refractivity (Wildman–Crippen MR) is 94.1 cm³/mol. The molecule has 1 heterocycles. The maximum absolute atomic E-state index is 12.7. The Hall–Kier alpha value is -1.71. The summed E-state index contributed by atoms with van der Waals surface area (Å²) >= 11 is 0. The monoisotopic (exact) mass is 324 g/mol. The lowest BCUT2D eigenvalue weighted by molar-refractivity contribution is -0.125. The minimum atomic E-state index is -0.153. The zero-order valence-electron chi connectivity index (χ0n) is 14.3. The quantitative estimate of drug-likeness (QED) is 0.784. The van der Waals surface area contributed by atoms with Crippen molar-refractivity contribution in [3.05, 3.63) is 47.5 Å². The Bertz CT molecular complexity index is 767. The van der Waals surface area contributed by atoms with Crippen LogP contribution in [-0.4, -0.2) is 24.8 Å². The zero-order valence-corrected chi connectivity index (χ0v) is 14.3. The standard InChI is InChI=1S/C21H24O3/c1-3-23-21-20(24-21)17-9-8-15(12-19(17)22)18-11-13(2)10-14-6-4-5-7-16(14)18/h4-7,10-11,15,17,20-21H,3,8-9,12H2,1-2H3. The molecule has 2 fully saturated rings. The van der Waals surface area contributed by atoms with Gasteiger partial charge in [0.05, 0.1) is 0 Å². The molecule has 3 nitrogen and oxygen atoms in total. The van der Waals surface area contributed by atoms with Crippen LogP contribution in [0.5, 0.6) is 0 Å². The predicted octanol–water partition coefficient (Wildman–Crippen LogP) is 4.36. The van der Waals surface area contributed by atoms with Gasteiger partial charge < -0.3 is 9.47 Å². The van der Waals surface area contributed by atoms with E-state index < -0.39 is 0 Å². The minimum Gasteiger partial charge on any atom is -0.350 e. The molecule has 1 saturated carbocycles. The fourth-order valence-corrected chi connectivity index (χ4v) is 4.18. The Kier molecular flexibility index (Phi) is 4.15. The van der Waals surface area contributed by atoms with Crippen molar-refractivity contribution < 1.29 is 14.3 Å². The second kappa shape index (κ2) is 6.30. The average molecular weight is 324 g/mol. The number of ether oxygens (including phenoxy) is 2. The Labute approximate surface area is 143 Å². The SMILES string of the molecule is CCOC1OC1C1CCC(c2cc(C)cc3ccccc23)CC1=O. The van der Waals surface area contributed by atoms with Crippen LogP contribution in [0.4, 0.5) is 0 Å². The van der Waals surface area contributed by atoms with Gasteiger partial charge in [-0.25, -0.2) is 0 Å². The van der Waals surface area contributed by atoms with Crippen molar-refractivity contribution in [2.75, 3.05) is 6.61 Å². The Balaban J connectivity index is 1.55. The molecule has 4 atom stereocenters. The summed E-state index contributed by atoms with van der Waals surface area (Å²) in [6, 6.07) is 13.0. The number of ketones is 1. The lowest BCUT2D eigenvalue weighted by Crippen LogP contribution is -2.29. The van der Waals surface area contributed by atoms with E-state index in [1.54, 1.807) is 0 Å². The molecule has 1 aliphatic carbocycles. The van der Waals surface area contributed by atoms with Crippen LogP contribution in [0.2, 0.25) is 0 Å². The van der Waals surface area contributed by atoms with Crippen LogP contribution in [0.25, 0.3) is 10.8 Å². The minimum absolute atomic E-state index is 0.00680. The van der Waals surface area contributed by atoms with Crippen molar-refractivity contribution in [2.24, 2.45) is 5.92 Å². The molecule has 2 aromatic carbocycles. The van der Waals surface area contributed by atoms with Gasteiger partial charge in [0.2, 0.25) is 0 Å². The largest absolute Gasteiger partial charge is 0.350 e. The molecule has 4 rings (SSSR count). The number of hydrogen-bond donors (Lipinski definition) is 0. The van der Waals surface area contributed by atoms with Crippen LogP contribution in [0.15, 0.2) is 36.4 Å². The molecule has 0 amide bonds.